The average Bonchev–Trinajstić information content (AvgIpc) is 2.87. The molecule has 0 spiro atoms. The first-order valence-corrected chi connectivity index (χ1v) is 6.05. The summed E-state index contributed by atoms with van der Waals surface area (Å²) in [6.07, 6.45) is 0.717. The zero-order valence-corrected chi connectivity index (χ0v) is 9.89. The molecule has 0 aliphatic carbocycles. The van der Waals surface area contributed by atoms with Crippen LogP contribution in [-0.4, -0.2) is 22.7 Å². The van der Waals surface area contributed by atoms with Crippen molar-refractivity contribution in [3.8, 4) is 0 Å². The standard InChI is InChI=1S/C13H11ClN2O/c14-8-10-7-13(16-17-10)12-6-5-9-3-1-2-4-11(9)15-12/h1-6,10H,7-8H2. The van der Waals surface area contributed by atoms with Crippen LogP contribution in [-0.2, 0) is 4.84 Å². The maximum atomic E-state index is 5.74. The SMILES string of the molecule is ClCC1CC(c2ccc3ccccc3n2)=NO1. The molecule has 86 valence electrons. The average molecular weight is 247 g/mol. The molecule has 3 rings (SSSR count). The Morgan fingerprint density at radius 1 is 1.24 bits per heavy atom. The quantitative estimate of drug-likeness (QED) is 0.764. The molecule has 0 radical (unpaired) electrons. The van der Waals surface area contributed by atoms with Gasteiger partial charge in [-0.3, -0.25) is 0 Å². The molecule has 3 nitrogen and oxygen atoms in total. The number of rotatable bonds is 2. The number of hydrogen-bond acceptors (Lipinski definition) is 3. The van der Waals surface area contributed by atoms with Gasteiger partial charge in [0.2, 0.25) is 0 Å². The van der Waals surface area contributed by atoms with E-state index in [1.807, 2.05) is 36.4 Å². The van der Waals surface area contributed by atoms with Gasteiger partial charge in [0.25, 0.3) is 0 Å². The van der Waals surface area contributed by atoms with Gasteiger partial charge in [0.05, 0.1) is 17.1 Å². The summed E-state index contributed by atoms with van der Waals surface area (Å²) in [5, 5.41) is 5.16. The number of nitrogens with zero attached hydrogens (tertiary/aromatic N) is 2. The first kappa shape index (κ1) is 10.5. The van der Waals surface area contributed by atoms with Gasteiger partial charge in [0.15, 0.2) is 0 Å². The number of oxime groups is 1. The Morgan fingerprint density at radius 3 is 2.94 bits per heavy atom. The van der Waals surface area contributed by atoms with Crippen molar-refractivity contribution in [2.75, 3.05) is 5.88 Å². The first-order valence-electron chi connectivity index (χ1n) is 5.51. The Hall–Kier alpha value is -1.61. The molecule has 2 heterocycles. The molecule has 0 bridgehead atoms. The molecule has 1 aliphatic rings. The van der Waals surface area contributed by atoms with Crippen LogP contribution in [0.2, 0.25) is 0 Å². The van der Waals surface area contributed by atoms with Crippen LogP contribution in [0, 0.1) is 0 Å². The topological polar surface area (TPSA) is 34.5 Å². The van der Waals surface area contributed by atoms with E-state index < -0.39 is 0 Å². The van der Waals surface area contributed by atoms with Crippen molar-refractivity contribution in [1.82, 2.24) is 4.98 Å². The number of benzene rings is 1. The molecular formula is C13H11ClN2O. The summed E-state index contributed by atoms with van der Waals surface area (Å²) in [5.74, 6) is 0.459. The lowest BCUT2D eigenvalue weighted by Gasteiger charge is -2.02. The molecule has 0 amide bonds. The van der Waals surface area contributed by atoms with Crippen molar-refractivity contribution in [3.05, 3.63) is 42.1 Å². The summed E-state index contributed by atoms with van der Waals surface area (Å²) in [6.45, 7) is 0. The van der Waals surface area contributed by atoms with Crippen molar-refractivity contribution in [3.63, 3.8) is 0 Å². The van der Waals surface area contributed by atoms with E-state index in [9.17, 15) is 0 Å². The number of alkyl halides is 1. The van der Waals surface area contributed by atoms with Gasteiger partial charge in [-0.1, -0.05) is 29.4 Å². The van der Waals surface area contributed by atoms with Crippen LogP contribution in [0.15, 0.2) is 41.6 Å². The van der Waals surface area contributed by atoms with Crippen molar-refractivity contribution in [2.45, 2.75) is 12.5 Å². The fraction of sp³-hybridized carbons (Fsp3) is 0.231. The van der Waals surface area contributed by atoms with Crippen LogP contribution in [0.5, 0.6) is 0 Å². The highest BCUT2D eigenvalue weighted by Crippen LogP contribution is 2.18. The molecule has 1 aliphatic heterocycles. The highest BCUT2D eigenvalue weighted by molar-refractivity contribution is 6.18. The number of halogens is 1. The van der Waals surface area contributed by atoms with Crippen molar-refractivity contribution >= 4 is 28.2 Å². The predicted molar refractivity (Wildman–Crippen MR) is 68.5 cm³/mol. The van der Waals surface area contributed by atoms with Gasteiger partial charge in [0.1, 0.15) is 11.8 Å². The fourth-order valence-corrected chi connectivity index (χ4v) is 2.05. The largest absolute Gasteiger partial charge is 0.391 e. The van der Waals surface area contributed by atoms with Crippen molar-refractivity contribution in [1.29, 1.82) is 0 Å². The van der Waals surface area contributed by atoms with Crippen LogP contribution >= 0.6 is 11.6 Å². The van der Waals surface area contributed by atoms with Crippen LogP contribution in [0.4, 0.5) is 0 Å². The third-order valence-electron chi connectivity index (χ3n) is 2.80. The highest BCUT2D eigenvalue weighted by Gasteiger charge is 2.22. The zero-order chi connectivity index (χ0) is 11.7. The van der Waals surface area contributed by atoms with Gasteiger partial charge < -0.3 is 4.84 Å². The molecule has 17 heavy (non-hydrogen) atoms. The Kier molecular flexibility index (Phi) is 2.69. The molecule has 4 heteroatoms. The Bertz CT molecular complexity index is 582. The van der Waals surface area contributed by atoms with E-state index in [4.69, 9.17) is 16.4 Å². The molecule has 0 fully saturated rings. The number of aromatic nitrogens is 1. The summed E-state index contributed by atoms with van der Waals surface area (Å²) in [4.78, 5) is 9.77. The van der Waals surface area contributed by atoms with Crippen LogP contribution in [0.25, 0.3) is 10.9 Å². The minimum atomic E-state index is -0.0139. The number of pyridine rings is 1. The molecule has 1 aromatic carbocycles. The normalized spacial score (nSPS) is 19.1. The third kappa shape index (κ3) is 1.98. The van der Waals surface area contributed by atoms with E-state index in [2.05, 4.69) is 10.1 Å². The summed E-state index contributed by atoms with van der Waals surface area (Å²) in [7, 11) is 0. The molecule has 1 atom stereocenters. The summed E-state index contributed by atoms with van der Waals surface area (Å²) in [6, 6.07) is 12.0. The lowest BCUT2D eigenvalue weighted by molar-refractivity contribution is 0.102. The van der Waals surface area contributed by atoms with E-state index in [0.29, 0.717) is 5.88 Å². The lowest BCUT2D eigenvalue weighted by Crippen LogP contribution is -2.10. The van der Waals surface area contributed by atoms with E-state index in [1.165, 1.54) is 0 Å². The molecule has 2 aromatic rings. The minimum Gasteiger partial charge on any atom is -0.391 e. The summed E-state index contributed by atoms with van der Waals surface area (Å²) < 4.78 is 0. The third-order valence-corrected chi connectivity index (χ3v) is 3.14. The molecule has 0 saturated heterocycles. The maximum Gasteiger partial charge on any atom is 0.146 e. The predicted octanol–water partition coefficient (Wildman–Crippen LogP) is 2.97. The van der Waals surface area contributed by atoms with E-state index in [0.717, 1.165) is 28.7 Å². The summed E-state index contributed by atoms with van der Waals surface area (Å²) in [5.41, 5.74) is 2.72. The smallest absolute Gasteiger partial charge is 0.146 e. The molecule has 1 unspecified atom stereocenters. The number of para-hydroxylation sites is 1. The maximum absolute atomic E-state index is 5.74. The highest BCUT2D eigenvalue weighted by atomic mass is 35.5. The molecule has 1 aromatic heterocycles. The zero-order valence-electron chi connectivity index (χ0n) is 9.14. The molecule has 0 saturated carbocycles. The summed E-state index contributed by atoms with van der Waals surface area (Å²) >= 11 is 5.74. The first-order chi connectivity index (χ1) is 8.36. The second kappa shape index (κ2) is 4.34. The van der Waals surface area contributed by atoms with E-state index in [1.54, 1.807) is 0 Å². The van der Waals surface area contributed by atoms with Crippen LogP contribution in [0.1, 0.15) is 12.1 Å². The molecular weight excluding hydrogens is 236 g/mol. The van der Waals surface area contributed by atoms with E-state index in [-0.39, 0.29) is 6.10 Å². The van der Waals surface area contributed by atoms with Gasteiger partial charge >= 0.3 is 0 Å². The minimum absolute atomic E-state index is 0.0139. The van der Waals surface area contributed by atoms with Crippen LogP contribution in [0.3, 0.4) is 0 Å². The second-order valence-corrected chi connectivity index (χ2v) is 4.32. The molecule has 0 N–H and O–H groups in total. The van der Waals surface area contributed by atoms with Crippen LogP contribution < -0.4 is 0 Å². The van der Waals surface area contributed by atoms with Gasteiger partial charge in [-0.2, -0.15) is 0 Å². The second-order valence-electron chi connectivity index (χ2n) is 4.01. The lowest BCUT2D eigenvalue weighted by atomic mass is 10.1. The van der Waals surface area contributed by atoms with E-state index >= 15 is 0 Å². The Balaban J connectivity index is 1.96. The fourth-order valence-electron chi connectivity index (χ4n) is 1.89. The van der Waals surface area contributed by atoms with Gasteiger partial charge in [-0.05, 0) is 12.1 Å². The van der Waals surface area contributed by atoms with Gasteiger partial charge in [-0.25, -0.2) is 4.98 Å². The van der Waals surface area contributed by atoms with Gasteiger partial charge in [-0.15, -0.1) is 11.6 Å². The monoisotopic (exact) mass is 246 g/mol. The van der Waals surface area contributed by atoms with Crippen molar-refractivity contribution < 1.29 is 4.84 Å². The van der Waals surface area contributed by atoms with Crippen molar-refractivity contribution in [2.24, 2.45) is 5.16 Å². The Morgan fingerprint density at radius 2 is 2.12 bits per heavy atom. The van der Waals surface area contributed by atoms with Gasteiger partial charge in [0, 0.05) is 11.8 Å². The number of hydrogen-bond donors (Lipinski definition) is 0. The number of fused-ring (bicyclic) bond motifs is 1. The Labute approximate surface area is 104 Å².